The Kier molecular flexibility index (Phi) is 5.04. The average molecular weight is 273 g/mol. The van der Waals surface area contributed by atoms with E-state index in [4.69, 9.17) is 10.9 Å². The lowest BCUT2D eigenvalue weighted by molar-refractivity contribution is -0.117. The number of nitrogens with two attached hydrogens (primary N) is 1. The first-order valence-corrected chi connectivity index (χ1v) is 5.27. The summed E-state index contributed by atoms with van der Waals surface area (Å²) in [6.07, 6.45) is 0. The summed E-state index contributed by atoms with van der Waals surface area (Å²) in [6.45, 7) is -1.60. The zero-order valence-corrected chi connectivity index (χ0v) is 10.0. The molecular weight excluding hydrogens is 260 g/mol. The second-order valence-electron chi connectivity index (χ2n) is 3.61. The van der Waals surface area contributed by atoms with E-state index in [1.807, 2.05) is 0 Å². The number of ether oxygens (including phenoxy) is 1. The lowest BCUT2D eigenvalue weighted by Gasteiger charge is -2.14. The number of anilines is 1. The Bertz CT molecular complexity index is 480. The van der Waals surface area contributed by atoms with E-state index in [1.165, 1.54) is 25.1 Å². The quantitative estimate of drug-likeness (QED) is 0.328. The molecule has 0 saturated carbocycles. The van der Waals surface area contributed by atoms with Gasteiger partial charge >= 0.3 is 6.61 Å². The van der Waals surface area contributed by atoms with Crippen LogP contribution in [0.1, 0.15) is 6.92 Å². The molecule has 0 heterocycles. The van der Waals surface area contributed by atoms with Crippen LogP contribution in [0, 0.1) is 5.92 Å². The van der Waals surface area contributed by atoms with Gasteiger partial charge in [0.2, 0.25) is 5.91 Å². The molecule has 1 atom stereocenters. The number of carbonyl (C=O) groups excluding carboxylic acids is 1. The Morgan fingerprint density at radius 2 is 2.11 bits per heavy atom. The lowest BCUT2D eigenvalue weighted by Crippen LogP contribution is -2.32. The number of alkyl halides is 2. The number of hydrogen-bond acceptors (Lipinski definition) is 4. The number of amides is 1. The van der Waals surface area contributed by atoms with Crippen LogP contribution < -0.4 is 15.8 Å². The van der Waals surface area contributed by atoms with Crippen molar-refractivity contribution in [1.29, 1.82) is 0 Å². The SMILES string of the molecule is CC(C(=O)Nc1ccccc1OC(F)F)C(N)=NO. The van der Waals surface area contributed by atoms with Crippen LogP contribution in [-0.4, -0.2) is 23.6 Å². The van der Waals surface area contributed by atoms with Gasteiger partial charge in [-0.25, -0.2) is 0 Å². The van der Waals surface area contributed by atoms with Crippen molar-refractivity contribution in [3.05, 3.63) is 24.3 Å². The van der Waals surface area contributed by atoms with Gasteiger partial charge in [0.25, 0.3) is 0 Å². The monoisotopic (exact) mass is 273 g/mol. The van der Waals surface area contributed by atoms with Crippen molar-refractivity contribution >= 4 is 17.4 Å². The number of benzene rings is 1. The zero-order valence-electron chi connectivity index (χ0n) is 10.0. The zero-order chi connectivity index (χ0) is 14.4. The highest BCUT2D eigenvalue weighted by Crippen LogP contribution is 2.25. The maximum Gasteiger partial charge on any atom is 0.387 e. The highest BCUT2D eigenvalue weighted by Gasteiger charge is 2.19. The molecule has 1 aromatic rings. The fourth-order valence-electron chi connectivity index (χ4n) is 1.23. The van der Waals surface area contributed by atoms with E-state index in [9.17, 15) is 13.6 Å². The number of oxime groups is 1. The minimum Gasteiger partial charge on any atom is -0.433 e. The van der Waals surface area contributed by atoms with Gasteiger partial charge < -0.3 is 21.0 Å². The maximum absolute atomic E-state index is 12.2. The standard InChI is InChI=1S/C11H13F2N3O3/c1-6(9(14)16-18)10(17)15-7-4-2-3-5-8(7)19-11(12)13/h2-6,11,18H,1H3,(H2,14,16)(H,15,17). The highest BCUT2D eigenvalue weighted by atomic mass is 19.3. The Labute approximate surface area is 107 Å². The van der Waals surface area contributed by atoms with Gasteiger partial charge in [-0.2, -0.15) is 8.78 Å². The van der Waals surface area contributed by atoms with E-state index in [2.05, 4.69) is 15.2 Å². The number of rotatable bonds is 5. The molecule has 0 saturated heterocycles. The number of carbonyl (C=O) groups is 1. The summed E-state index contributed by atoms with van der Waals surface area (Å²) < 4.78 is 28.6. The second kappa shape index (κ2) is 6.53. The van der Waals surface area contributed by atoms with Crippen LogP contribution in [-0.2, 0) is 4.79 Å². The normalized spacial score (nSPS) is 13.2. The van der Waals surface area contributed by atoms with Gasteiger partial charge in [0, 0.05) is 0 Å². The smallest absolute Gasteiger partial charge is 0.387 e. The number of nitrogens with zero attached hydrogens (tertiary/aromatic N) is 1. The van der Waals surface area contributed by atoms with Crippen LogP contribution >= 0.6 is 0 Å². The van der Waals surface area contributed by atoms with Gasteiger partial charge in [0.05, 0.1) is 11.6 Å². The summed E-state index contributed by atoms with van der Waals surface area (Å²) in [6, 6.07) is 5.72. The first kappa shape index (κ1) is 14.7. The Morgan fingerprint density at radius 1 is 1.47 bits per heavy atom. The summed E-state index contributed by atoms with van der Waals surface area (Å²) >= 11 is 0. The molecule has 0 aliphatic rings. The third-order valence-electron chi connectivity index (χ3n) is 2.31. The molecule has 1 amide bonds. The minimum absolute atomic E-state index is 0.0744. The number of hydrogen-bond donors (Lipinski definition) is 3. The third kappa shape index (κ3) is 4.09. The molecular formula is C11H13F2N3O3. The molecule has 0 bridgehead atoms. The Hall–Kier alpha value is -2.38. The first-order chi connectivity index (χ1) is 8.95. The van der Waals surface area contributed by atoms with Gasteiger partial charge in [0.1, 0.15) is 5.75 Å². The number of para-hydroxylation sites is 2. The molecule has 0 aromatic heterocycles. The van der Waals surface area contributed by atoms with E-state index in [0.29, 0.717) is 0 Å². The van der Waals surface area contributed by atoms with E-state index in [0.717, 1.165) is 0 Å². The first-order valence-electron chi connectivity index (χ1n) is 5.27. The molecule has 0 radical (unpaired) electrons. The lowest BCUT2D eigenvalue weighted by atomic mass is 10.1. The fourth-order valence-corrected chi connectivity index (χ4v) is 1.23. The van der Waals surface area contributed by atoms with Crippen LogP contribution in [0.2, 0.25) is 0 Å². The number of halogens is 2. The summed E-state index contributed by atoms with van der Waals surface area (Å²) in [4.78, 5) is 11.7. The molecule has 104 valence electrons. The van der Waals surface area contributed by atoms with E-state index < -0.39 is 18.4 Å². The van der Waals surface area contributed by atoms with E-state index in [1.54, 1.807) is 6.07 Å². The number of nitrogens with one attached hydrogen (secondary N) is 1. The molecule has 19 heavy (non-hydrogen) atoms. The van der Waals surface area contributed by atoms with E-state index >= 15 is 0 Å². The molecule has 8 heteroatoms. The molecule has 6 nitrogen and oxygen atoms in total. The highest BCUT2D eigenvalue weighted by molar-refractivity contribution is 6.07. The summed E-state index contributed by atoms with van der Waals surface area (Å²) in [7, 11) is 0. The minimum atomic E-state index is -3.00. The van der Waals surface area contributed by atoms with Crippen molar-refractivity contribution in [2.24, 2.45) is 16.8 Å². The van der Waals surface area contributed by atoms with Crippen molar-refractivity contribution in [3.63, 3.8) is 0 Å². The molecule has 1 rings (SSSR count). The molecule has 4 N–H and O–H groups in total. The Morgan fingerprint density at radius 3 is 2.68 bits per heavy atom. The molecule has 0 aliphatic heterocycles. The topological polar surface area (TPSA) is 96.9 Å². The van der Waals surface area contributed by atoms with Crippen molar-refractivity contribution in [2.75, 3.05) is 5.32 Å². The van der Waals surface area contributed by atoms with Gasteiger partial charge in [0.15, 0.2) is 5.84 Å². The molecule has 1 aromatic carbocycles. The van der Waals surface area contributed by atoms with Gasteiger partial charge in [-0.1, -0.05) is 17.3 Å². The molecule has 0 aliphatic carbocycles. The van der Waals surface area contributed by atoms with Gasteiger partial charge in [-0.05, 0) is 19.1 Å². The largest absolute Gasteiger partial charge is 0.433 e. The molecule has 0 fully saturated rings. The van der Waals surface area contributed by atoms with Crippen molar-refractivity contribution in [3.8, 4) is 5.75 Å². The number of amidine groups is 1. The summed E-state index contributed by atoms with van der Waals surface area (Å²) in [5.74, 6) is -1.98. The fraction of sp³-hybridized carbons (Fsp3) is 0.273. The van der Waals surface area contributed by atoms with Crippen molar-refractivity contribution in [2.45, 2.75) is 13.5 Å². The van der Waals surface area contributed by atoms with Crippen molar-refractivity contribution in [1.82, 2.24) is 0 Å². The Balaban J connectivity index is 2.85. The summed E-state index contributed by atoms with van der Waals surface area (Å²) in [5.41, 5.74) is 5.35. The van der Waals surface area contributed by atoms with Crippen LogP contribution in [0.3, 0.4) is 0 Å². The van der Waals surface area contributed by atoms with Crippen LogP contribution in [0.25, 0.3) is 0 Å². The average Bonchev–Trinajstić information content (AvgIpc) is 2.38. The molecule has 1 unspecified atom stereocenters. The van der Waals surface area contributed by atoms with Crippen LogP contribution in [0.5, 0.6) is 5.75 Å². The van der Waals surface area contributed by atoms with Crippen LogP contribution in [0.15, 0.2) is 29.4 Å². The summed E-state index contributed by atoms with van der Waals surface area (Å²) in [5, 5.41) is 13.5. The second-order valence-corrected chi connectivity index (χ2v) is 3.61. The van der Waals surface area contributed by atoms with E-state index in [-0.39, 0.29) is 17.3 Å². The van der Waals surface area contributed by atoms with Crippen LogP contribution in [0.4, 0.5) is 14.5 Å². The maximum atomic E-state index is 12.2. The van der Waals surface area contributed by atoms with Gasteiger partial charge in [-0.15, -0.1) is 0 Å². The van der Waals surface area contributed by atoms with Crippen molar-refractivity contribution < 1.29 is 23.5 Å². The molecule has 0 spiro atoms. The predicted octanol–water partition coefficient (Wildman–Crippen LogP) is 1.61. The third-order valence-corrected chi connectivity index (χ3v) is 2.31. The van der Waals surface area contributed by atoms with Gasteiger partial charge in [-0.3, -0.25) is 4.79 Å². The predicted molar refractivity (Wildman–Crippen MR) is 64.3 cm³/mol.